The highest BCUT2D eigenvalue weighted by atomic mass is 35.5. The number of hydrogen-bond donors (Lipinski definition) is 2. The molecule has 1 unspecified atom stereocenters. The lowest BCUT2D eigenvalue weighted by molar-refractivity contribution is -0.123. The quantitative estimate of drug-likeness (QED) is 0.645. The van der Waals surface area contributed by atoms with E-state index in [1.807, 2.05) is 18.2 Å². The molecule has 2 aliphatic rings. The molecule has 5 heteroatoms. The Labute approximate surface area is 137 Å². The molecule has 0 radical (unpaired) electrons. The molecule has 1 spiro atoms. The van der Waals surface area contributed by atoms with E-state index in [0.29, 0.717) is 5.41 Å². The summed E-state index contributed by atoms with van der Waals surface area (Å²) in [5, 5.41) is 6.48. The summed E-state index contributed by atoms with van der Waals surface area (Å²) in [4.78, 5) is 13.4. The summed E-state index contributed by atoms with van der Waals surface area (Å²) in [5.41, 5.74) is 0.349. The molecular weight excluding hydrogens is 304 g/mol. The Morgan fingerprint density at radius 2 is 2.00 bits per heavy atom. The van der Waals surface area contributed by atoms with Crippen molar-refractivity contribution in [2.24, 2.45) is 11.3 Å². The summed E-state index contributed by atoms with van der Waals surface area (Å²) in [5.74, 6) is 1.50. The van der Waals surface area contributed by atoms with Crippen molar-refractivity contribution in [2.75, 3.05) is 25.4 Å². The van der Waals surface area contributed by atoms with Crippen LogP contribution in [0.1, 0.15) is 19.3 Å². The summed E-state index contributed by atoms with van der Waals surface area (Å²) in [6, 6.07) is 10.3. The van der Waals surface area contributed by atoms with Gasteiger partial charge in [0.2, 0.25) is 5.91 Å². The number of halogens is 1. The third kappa shape index (κ3) is 4.15. The Morgan fingerprint density at radius 3 is 2.71 bits per heavy atom. The first kappa shape index (κ1) is 16.7. The SMILES string of the molecule is Cl.O=C(NCCSc1ccccc1)C1CC12CCNCC2. The van der Waals surface area contributed by atoms with Crippen molar-refractivity contribution in [2.45, 2.75) is 24.2 Å². The summed E-state index contributed by atoms with van der Waals surface area (Å²) in [7, 11) is 0. The molecule has 0 bridgehead atoms. The van der Waals surface area contributed by atoms with Gasteiger partial charge in [0.15, 0.2) is 0 Å². The van der Waals surface area contributed by atoms with E-state index in [2.05, 4.69) is 22.8 Å². The van der Waals surface area contributed by atoms with Crippen molar-refractivity contribution in [1.29, 1.82) is 0 Å². The number of amides is 1. The van der Waals surface area contributed by atoms with Crippen LogP contribution in [0, 0.1) is 11.3 Å². The van der Waals surface area contributed by atoms with E-state index in [4.69, 9.17) is 0 Å². The van der Waals surface area contributed by atoms with Crippen molar-refractivity contribution in [1.82, 2.24) is 10.6 Å². The predicted molar refractivity (Wildman–Crippen MR) is 90.1 cm³/mol. The highest BCUT2D eigenvalue weighted by Gasteiger charge is 2.57. The van der Waals surface area contributed by atoms with Gasteiger partial charge in [-0.3, -0.25) is 4.79 Å². The molecule has 1 aliphatic heterocycles. The first-order valence-electron chi connectivity index (χ1n) is 7.46. The fourth-order valence-electron chi connectivity index (χ4n) is 3.18. The smallest absolute Gasteiger partial charge is 0.223 e. The van der Waals surface area contributed by atoms with Crippen molar-refractivity contribution < 1.29 is 4.79 Å². The Bertz CT molecular complexity index is 463. The highest BCUT2D eigenvalue weighted by molar-refractivity contribution is 7.99. The number of benzene rings is 1. The van der Waals surface area contributed by atoms with Gasteiger partial charge in [0.05, 0.1) is 0 Å². The van der Waals surface area contributed by atoms with Crippen LogP contribution >= 0.6 is 24.2 Å². The summed E-state index contributed by atoms with van der Waals surface area (Å²) in [6.07, 6.45) is 3.44. The largest absolute Gasteiger partial charge is 0.355 e. The van der Waals surface area contributed by atoms with E-state index in [1.54, 1.807) is 11.8 Å². The molecule has 1 aliphatic carbocycles. The van der Waals surface area contributed by atoms with Crippen molar-refractivity contribution in [3.05, 3.63) is 30.3 Å². The van der Waals surface area contributed by atoms with Crippen LogP contribution in [-0.4, -0.2) is 31.3 Å². The van der Waals surface area contributed by atoms with Gasteiger partial charge in [-0.15, -0.1) is 24.2 Å². The molecule has 3 nitrogen and oxygen atoms in total. The maximum atomic E-state index is 12.1. The number of nitrogens with one attached hydrogen (secondary N) is 2. The minimum Gasteiger partial charge on any atom is -0.355 e. The zero-order chi connectivity index (χ0) is 13.8. The fourth-order valence-corrected chi connectivity index (χ4v) is 3.97. The minimum atomic E-state index is 0. The van der Waals surface area contributed by atoms with E-state index in [1.165, 1.54) is 17.7 Å². The van der Waals surface area contributed by atoms with Crippen LogP contribution in [0.2, 0.25) is 0 Å². The van der Waals surface area contributed by atoms with E-state index in [0.717, 1.165) is 31.8 Å². The lowest BCUT2D eigenvalue weighted by atomic mass is 9.92. The number of thioether (sulfide) groups is 1. The number of rotatable bonds is 5. The van der Waals surface area contributed by atoms with E-state index in [9.17, 15) is 4.79 Å². The van der Waals surface area contributed by atoms with E-state index >= 15 is 0 Å². The molecule has 1 saturated heterocycles. The number of carbonyl (C=O) groups is 1. The van der Waals surface area contributed by atoms with Crippen molar-refractivity contribution in [3.63, 3.8) is 0 Å². The van der Waals surface area contributed by atoms with Crippen LogP contribution in [0.5, 0.6) is 0 Å². The maximum absolute atomic E-state index is 12.1. The van der Waals surface area contributed by atoms with Crippen LogP contribution in [0.3, 0.4) is 0 Å². The molecule has 0 aromatic heterocycles. The Balaban J connectivity index is 0.00000161. The standard InChI is InChI=1S/C16H22N2OS.ClH/c19-15(14-12-16(14)6-8-17-9-7-16)18-10-11-20-13-4-2-1-3-5-13;/h1-5,14,17H,6-12H2,(H,18,19);1H. The van der Waals surface area contributed by atoms with Crippen molar-refractivity contribution in [3.8, 4) is 0 Å². The second-order valence-corrected chi connectivity index (χ2v) is 6.99. The molecule has 1 amide bonds. The summed E-state index contributed by atoms with van der Waals surface area (Å²) >= 11 is 1.80. The van der Waals surface area contributed by atoms with Crippen LogP contribution in [0.15, 0.2) is 35.2 Å². The molecule has 1 aromatic rings. The van der Waals surface area contributed by atoms with Gasteiger partial charge in [0.25, 0.3) is 0 Å². The monoisotopic (exact) mass is 326 g/mol. The summed E-state index contributed by atoms with van der Waals surface area (Å²) in [6.45, 7) is 2.92. The number of piperidine rings is 1. The molecule has 2 fully saturated rings. The summed E-state index contributed by atoms with van der Waals surface area (Å²) < 4.78 is 0. The minimum absolute atomic E-state index is 0. The Kier molecular flexibility index (Phi) is 5.97. The molecule has 2 N–H and O–H groups in total. The zero-order valence-electron chi connectivity index (χ0n) is 12.1. The number of hydrogen-bond acceptors (Lipinski definition) is 3. The normalized spacial score (nSPS) is 22.4. The Hall–Kier alpha value is -0.710. The lowest BCUT2D eigenvalue weighted by Gasteiger charge is -2.23. The van der Waals surface area contributed by atoms with Gasteiger partial charge in [-0.05, 0) is 49.9 Å². The van der Waals surface area contributed by atoms with Gasteiger partial charge in [-0.1, -0.05) is 18.2 Å². The third-order valence-corrected chi connectivity index (χ3v) is 5.53. The Morgan fingerprint density at radius 1 is 1.29 bits per heavy atom. The fraction of sp³-hybridized carbons (Fsp3) is 0.562. The zero-order valence-corrected chi connectivity index (χ0v) is 13.8. The first-order chi connectivity index (χ1) is 9.80. The van der Waals surface area contributed by atoms with Gasteiger partial charge in [-0.2, -0.15) is 0 Å². The van der Waals surface area contributed by atoms with Gasteiger partial charge >= 0.3 is 0 Å². The third-order valence-electron chi connectivity index (χ3n) is 4.52. The first-order valence-corrected chi connectivity index (χ1v) is 8.45. The van der Waals surface area contributed by atoms with Gasteiger partial charge in [-0.25, -0.2) is 0 Å². The van der Waals surface area contributed by atoms with Crippen LogP contribution in [-0.2, 0) is 4.79 Å². The number of carbonyl (C=O) groups excluding carboxylic acids is 1. The van der Waals surface area contributed by atoms with Crippen molar-refractivity contribution >= 4 is 30.1 Å². The second kappa shape index (κ2) is 7.52. The molecule has 21 heavy (non-hydrogen) atoms. The molecule has 1 heterocycles. The second-order valence-electron chi connectivity index (χ2n) is 5.82. The van der Waals surface area contributed by atoms with Crippen LogP contribution in [0.4, 0.5) is 0 Å². The molecule has 116 valence electrons. The molecule has 1 atom stereocenters. The van der Waals surface area contributed by atoms with Gasteiger partial charge < -0.3 is 10.6 Å². The van der Waals surface area contributed by atoms with E-state index < -0.39 is 0 Å². The molecule has 1 aromatic carbocycles. The molecular formula is C16H23ClN2OS. The lowest BCUT2D eigenvalue weighted by Crippen LogP contribution is -2.34. The highest BCUT2D eigenvalue weighted by Crippen LogP contribution is 2.58. The van der Waals surface area contributed by atoms with Crippen LogP contribution in [0.25, 0.3) is 0 Å². The van der Waals surface area contributed by atoms with Gasteiger partial charge in [0, 0.05) is 23.1 Å². The average Bonchev–Trinajstić information content (AvgIpc) is 3.19. The molecule has 3 rings (SSSR count). The average molecular weight is 327 g/mol. The van der Waals surface area contributed by atoms with Gasteiger partial charge in [0.1, 0.15) is 0 Å². The maximum Gasteiger partial charge on any atom is 0.223 e. The van der Waals surface area contributed by atoms with E-state index in [-0.39, 0.29) is 24.2 Å². The molecule has 1 saturated carbocycles. The topological polar surface area (TPSA) is 41.1 Å². The van der Waals surface area contributed by atoms with Crippen LogP contribution < -0.4 is 10.6 Å². The predicted octanol–water partition coefficient (Wildman–Crippen LogP) is 2.71.